The minimum absolute atomic E-state index is 0.118. The molecule has 0 fully saturated rings. The van der Waals surface area contributed by atoms with Gasteiger partial charge >= 0.3 is 0 Å². The zero-order valence-electron chi connectivity index (χ0n) is 10.9. The highest BCUT2D eigenvalue weighted by Gasteiger charge is 2.13. The van der Waals surface area contributed by atoms with Crippen molar-refractivity contribution in [2.24, 2.45) is 7.05 Å². The molecule has 0 bridgehead atoms. The molecule has 18 heavy (non-hydrogen) atoms. The molecular formula is C12H16N4OS. The molecule has 0 aliphatic heterocycles. The Kier molecular flexibility index (Phi) is 3.47. The average molecular weight is 264 g/mol. The van der Waals surface area contributed by atoms with Crippen LogP contribution in [0.4, 0.5) is 5.13 Å². The van der Waals surface area contributed by atoms with E-state index < -0.39 is 0 Å². The third kappa shape index (κ3) is 2.28. The lowest BCUT2D eigenvalue weighted by molar-refractivity contribution is 0.655. The second-order valence-corrected chi connectivity index (χ2v) is 5.21. The molecule has 0 radical (unpaired) electrons. The first-order valence-electron chi connectivity index (χ1n) is 5.74. The first-order chi connectivity index (χ1) is 8.52. The van der Waals surface area contributed by atoms with Crippen LogP contribution in [0.3, 0.4) is 0 Å². The van der Waals surface area contributed by atoms with Gasteiger partial charge in [-0.15, -0.1) is 11.3 Å². The second kappa shape index (κ2) is 4.89. The molecule has 5 nitrogen and oxygen atoms in total. The Morgan fingerprint density at radius 1 is 1.44 bits per heavy atom. The maximum absolute atomic E-state index is 12.1. The Bertz CT molecular complexity index is 615. The second-order valence-electron chi connectivity index (χ2n) is 4.35. The summed E-state index contributed by atoms with van der Waals surface area (Å²) in [6.45, 7) is 4.10. The highest BCUT2D eigenvalue weighted by Crippen LogP contribution is 2.23. The van der Waals surface area contributed by atoms with Gasteiger partial charge in [0.25, 0.3) is 5.56 Å². The number of aryl methyl sites for hydroxylation is 1. The van der Waals surface area contributed by atoms with Crippen molar-refractivity contribution < 1.29 is 0 Å². The van der Waals surface area contributed by atoms with E-state index in [9.17, 15) is 4.79 Å². The van der Waals surface area contributed by atoms with Crippen molar-refractivity contribution in [1.29, 1.82) is 0 Å². The molecule has 2 aromatic rings. The molecule has 2 aromatic heterocycles. The molecule has 1 N–H and O–H groups in total. The molecule has 6 heteroatoms. The van der Waals surface area contributed by atoms with E-state index in [1.54, 1.807) is 7.05 Å². The zero-order valence-corrected chi connectivity index (χ0v) is 11.7. The molecule has 96 valence electrons. The van der Waals surface area contributed by atoms with Gasteiger partial charge < -0.3 is 5.32 Å². The first-order valence-corrected chi connectivity index (χ1v) is 6.62. The van der Waals surface area contributed by atoms with Crippen molar-refractivity contribution in [2.45, 2.75) is 19.8 Å². The Labute approximate surface area is 110 Å². The lowest BCUT2D eigenvalue weighted by Crippen LogP contribution is -2.23. The molecule has 0 spiro atoms. The van der Waals surface area contributed by atoms with Gasteiger partial charge in [-0.25, -0.2) is 9.67 Å². The standard InChI is InChI=1S/C12H16N4OS/c1-7(2)9-5-8(11(17)16(4)15-9)10-6-18-12(13-3)14-10/h5-7H,1-4H3,(H,13,14). The van der Waals surface area contributed by atoms with Crippen LogP contribution >= 0.6 is 11.3 Å². The summed E-state index contributed by atoms with van der Waals surface area (Å²) in [7, 11) is 3.48. The Balaban J connectivity index is 2.59. The van der Waals surface area contributed by atoms with Crippen LogP contribution in [-0.2, 0) is 7.05 Å². The van der Waals surface area contributed by atoms with Gasteiger partial charge in [0.2, 0.25) is 0 Å². The number of hydrogen-bond acceptors (Lipinski definition) is 5. The van der Waals surface area contributed by atoms with Crippen LogP contribution in [0.1, 0.15) is 25.5 Å². The number of thiazole rings is 1. The van der Waals surface area contributed by atoms with Crippen molar-refractivity contribution >= 4 is 16.5 Å². The number of nitrogens with one attached hydrogen (secondary N) is 1. The number of rotatable bonds is 3. The van der Waals surface area contributed by atoms with Crippen molar-refractivity contribution in [3.63, 3.8) is 0 Å². The van der Waals surface area contributed by atoms with E-state index in [0.717, 1.165) is 10.8 Å². The van der Waals surface area contributed by atoms with E-state index in [1.807, 2.05) is 18.5 Å². The Morgan fingerprint density at radius 2 is 2.17 bits per heavy atom. The van der Waals surface area contributed by atoms with Gasteiger partial charge in [-0.2, -0.15) is 5.10 Å². The lowest BCUT2D eigenvalue weighted by atomic mass is 10.1. The molecule has 0 unspecified atom stereocenters. The molecule has 0 saturated heterocycles. The van der Waals surface area contributed by atoms with Gasteiger partial charge in [0.1, 0.15) is 0 Å². The van der Waals surface area contributed by atoms with Gasteiger partial charge in [0, 0.05) is 19.5 Å². The summed E-state index contributed by atoms with van der Waals surface area (Å²) in [6.07, 6.45) is 0. The van der Waals surface area contributed by atoms with Crippen molar-refractivity contribution in [2.75, 3.05) is 12.4 Å². The fourth-order valence-corrected chi connectivity index (χ4v) is 2.28. The smallest absolute Gasteiger partial charge is 0.275 e. The summed E-state index contributed by atoms with van der Waals surface area (Å²) in [4.78, 5) is 16.5. The number of hydrogen-bond donors (Lipinski definition) is 1. The highest BCUT2D eigenvalue weighted by molar-refractivity contribution is 7.14. The fraction of sp³-hybridized carbons (Fsp3) is 0.417. The number of nitrogens with zero attached hydrogens (tertiary/aromatic N) is 3. The van der Waals surface area contributed by atoms with E-state index in [1.165, 1.54) is 16.0 Å². The van der Waals surface area contributed by atoms with Crippen LogP contribution in [0.15, 0.2) is 16.2 Å². The van der Waals surface area contributed by atoms with E-state index >= 15 is 0 Å². The Hall–Kier alpha value is -1.69. The molecule has 0 aliphatic rings. The van der Waals surface area contributed by atoms with Gasteiger partial charge in [-0.3, -0.25) is 4.79 Å². The topological polar surface area (TPSA) is 59.8 Å². The summed E-state index contributed by atoms with van der Waals surface area (Å²) < 4.78 is 1.38. The highest BCUT2D eigenvalue weighted by atomic mass is 32.1. The third-order valence-corrected chi connectivity index (χ3v) is 3.53. The monoisotopic (exact) mass is 264 g/mol. The van der Waals surface area contributed by atoms with Gasteiger partial charge in [-0.1, -0.05) is 13.8 Å². The van der Waals surface area contributed by atoms with Crippen molar-refractivity contribution in [3.05, 3.63) is 27.5 Å². The SMILES string of the molecule is CNc1nc(-c2cc(C(C)C)nn(C)c2=O)cs1. The maximum Gasteiger partial charge on any atom is 0.275 e. The van der Waals surface area contributed by atoms with Crippen LogP contribution in [0.5, 0.6) is 0 Å². The summed E-state index contributed by atoms with van der Waals surface area (Å²) in [6, 6.07) is 1.83. The average Bonchev–Trinajstić information content (AvgIpc) is 2.80. The van der Waals surface area contributed by atoms with E-state index in [-0.39, 0.29) is 11.5 Å². The van der Waals surface area contributed by atoms with Crippen molar-refractivity contribution in [1.82, 2.24) is 14.8 Å². The molecule has 2 rings (SSSR count). The predicted molar refractivity (Wildman–Crippen MR) is 74.2 cm³/mol. The largest absolute Gasteiger partial charge is 0.365 e. The first kappa shape index (κ1) is 12.8. The predicted octanol–water partition coefficient (Wildman–Crippen LogP) is 2.07. The number of anilines is 1. The van der Waals surface area contributed by atoms with Crippen LogP contribution in [0.25, 0.3) is 11.3 Å². The summed E-state index contributed by atoms with van der Waals surface area (Å²) in [5.41, 5.74) is 2.08. The van der Waals surface area contributed by atoms with Crippen LogP contribution in [0, 0.1) is 0 Å². The van der Waals surface area contributed by atoms with E-state index in [4.69, 9.17) is 0 Å². The normalized spacial score (nSPS) is 10.9. The minimum atomic E-state index is -0.118. The maximum atomic E-state index is 12.1. The number of aromatic nitrogens is 3. The fourth-order valence-electron chi connectivity index (χ4n) is 1.61. The molecule has 0 saturated carbocycles. The molecule has 0 aromatic carbocycles. The zero-order chi connectivity index (χ0) is 13.3. The van der Waals surface area contributed by atoms with Gasteiger partial charge in [0.05, 0.1) is 17.0 Å². The molecule has 0 aliphatic carbocycles. The van der Waals surface area contributed by atoms with Crippen LogP contribution in [0.2, 0.25) is 0 Å². The van der Waals surface area contributed by atoms with Gasteiger partial charge in [0.15, 0.2) is 5.13 Å². The van der Waals surface area contributed by atoms with E-state index in [2.05, 4.69) is 29.2 Å². The third-order valence-electron chi connectivity index (χ3n) is 2.67. The van der Waals surface area contributed by atoms with Crippen molar-refractivity contribution in [3.8, 4) is 11.3 Å². The quantitative estimate of drug-likeness (QED) is 0.922. The molecule has 0 amide bonds. The summed E-state index contributed by atoms with van der Waals surface area (Å²) in [5.74, 6) is 0.276. The van der Waals surface area contributed by atoms with Crippen LogP contribution < -0.4 is 10.9 Å². The minimum Gasteiger partial charge on any atom is -0.365 e. The molecule has 0 atom stereocenters. The summed E-state index contributed by atoms with van der Waals surface area (Å²) >= 11 is 1.48. The Morgan fingerprint density at radius 3 is 2.72 bits per heavy atom. The summed E-state index contributed by atoms with van der Waals surface area (Å²) in [5, 5.41) is 9.90. The molecule has 2 heterocycles. The lowest BCUT2D eigenvalue weighted by Gasteiger charge is -2.08. The molecular weight excluding hydrogens is 248 g/mol. The van der Waals surface area contributed by atoms with Gasteiger partial charge in [-0.05, 0) is 12.0 Å². The van der Waals surface area contributed by atoms with Crippen LogP contribution in [-0.4, -0.2) is 21.8 Å². The van der Waals surface area contributed by atoms with E-state index in [0.29, 0.717) is 11.3 Å².